The number of fused-ring (bicyclic) bond motifs is 1. The van der Waals surface area contributed by atoms with E-state index in [1.165, 1.54) is 31.6 Å². The average molecular weight is 525 g/mol. The Balaban J connectivity index is 1.77. The van der Waals surface area contributed by atoms with E-state index in [4.69, 9.17) is 4.74 Å². The molecule has 0 saturated carbocycles. The van der Waals surface area contributed by atoms with Crippen molar-refractivity contribution in [3.63, 3.8) is 0 Å². The van der Waals surface area contributed by atoms with Gasteiger partial charge in [-0.1, -0.05) is 11.2 Å². The third kappa shape index (κ3) is 4.52. The second-order valence-electron chi connectivity index (χ2n) is 6.76. The molecule has 1 aliphatic rings. The van der Waals surface area contributed by atoms with Crippen molar-refractivity contribution >= 4 is 55.0 Å². The molecular formula is C19H16N4O8S3. The molecular weight excluding hydrogens is 508 g/mol. The largest absolute Gasteiger partial charge is 0.495 e. The molecule has 34 heavy (non-hydrogen) atoms. The fraction of sp³-hybridized carbons (Fsp3) is 0.105. The predicted molar refractivity (Wildman–Crippen MR) is 120 cm³/mol. The van der Waals surface area contributed by atoms with Crippen molar-refractivity contribution < 1.29 is 35.7 Å². The van der Waals surface area contributed by atoms with E-state index in [1.807, 2.05) is 4.72 Å². The first-order chi connectivity index (χ1) is 16.1. The highest BCUT2D eigenvalue weighted by molar-refractivity contribution is 7.94. The third-order valence-corrected chi connectivity index (χ3v) is 8.69. The topological polar surface area (TPSA) is 174 Å². The molecule has 3 aromatic rings. The van der Waals surface area contributed by atoms with E-state index < -0.39 is 36.8 Å². The summed E-state index contributed by atoms with van der Waals surface area (Å²) in [5.41, 5.74) is -0.0535. The lowest BCUT2D eigenvalue weighted by molar-refractivity contribution is -0.116. The van der Waals surface area contributed by atoms with Gasteiger partial charge in [0.1, 0.15) is 32.4 Å². The quantitative estimate of drug-likeness (QED) is 0.367. The number of nitrogens with zero attached hydrogens (tertiary/aromatic N) is 1. The molecule has 15 heteroatoms. The number of carbonyl (C=O) groups excluding carboxylic acids is 2. The van der Waals surface area contributed by atoms with Crippen LogP contribution in [-0.2, 0) is 31.4 Å². The van der Waals surface area contributed by atoms with Gasteiger partial charge in [0.2, 0.25) is 5.91 Å². The van der Waals surface area contributed by atoms with Crippen LogP contribution in [0.1, 0.15) is 21.6 Å². The van der Waals surface area contributed by atoms with Crippen LogP contribution in [0.5, 0.6) is 5.75 Å². The lowest BCUT2D eigenvalue weighted by atomic mass is 10.0. The Kier molecular flexibility index (Phi) is 6.16. The van der Waals surface area contributed by atoms with Crippen molar-refractivity contribution in [2.45, 2.75) is 15.6 Å². The Morgan fingerprint density at radius 1 is 1.35 bits per heavy atom. The highest BCUT2D eigenvalue weighted by atomic mass is 32.2. The van der Waals surface area contributed by atoms with E-state index in [1.54, 1.807) is 11.4 Å². The number of carbonyl (C=O) groups is 2. The second-order valence-corrected chi connectivity index (χ2v) is 11.3. The van der Waals surface area contributed by atoms with Crippen LogP contribution in [0.2, 0.25) is 0 Å². The number of nitrogens with one attached hydrogen (secondary N) is 3. The van der Waals surface area contributed by atoms with Crippen molar-refractivity contribution in [1.82, 2.24) is 15.2 Å². The van der Waals surface area contributed by atoms with E-state index in [2.05, 4.69) is 19.7 Å². The monoisotopic (exact) mass is 524 g/mol. The second kappa shape index (κ2) is 8.92. The van der Waals surface area contributed by atoms with Crippen LogP contribution >= 0.6 is 11.3 Å². The molecule has 0 saturated heterocycles. The molecule has 1 aromatic carbocycles. The van der Waals surface area contributed by atoms with Crippen LogP contribution < -0.4 is 19.5 Å². The van der Waals surface area contributed by atoms with Gasteiger partial charge in [0, 0.05) is 17.7 Å². The lowest BCUT2D eigenvalue weighted by Crippen LogP contribution is -2.21. The molecule has 3 heterocycles. The van der Waals surface area contributed by atoms with Crippen molar-refractivity contribution in [1.29, 1.82) is 0 Å². The van der Waals surface area contributed by atoms with E-state index in [0.717, 1.165) is 23.5 Å². The van der Waals surface area contributed by atoms with E-state index >= 15 is 0 Å². The maximum atomic E-state index is 12.8. The number of methoxy groups -OCH3 is 1. The number of sulfonamides is 2. The Labute approximate surface area is 197 Å². The molecule has 3 N–H and O–H groups in total. The minimum Gasteiger partial charge on any atom is -0.495 e. The maximum absolute atomic E-state index is 12.8. The highest BCUT2D eigenvalue weighted by Crippen LogP contribution is 2.40. The van der Waals surface area contributed by atoms with Crippen LogP contribution in [0, 0.1) is 0 Å². The van der Waals surface area contributed by atoms with Gasteiger partial charge < -0.3 is 14.6 Å². The van der Waals surface area contributed by atoms with E-state index in [0.29, 0.717) is 5.69 Å². The van der Waals surface area contributed by atoms with Gasteiger partial charge in [-0.3, -0.25) is 14.3 Å². The molecule has 4 rings (SSSR count). The molecule has 2 aromatic heterocycles. The number of benzene rings is 1. The van der Waals surface area contributed by atoms with Gasteiger partial charge in [-0.2, -0.15) is 0 Å². The molecule has 0 atom stereocenters. The van der Waals surface area contributed by atoms with Gasteiger partial charge in [-0.15, -0.1) is 11.3 Å². The summed E-state index contributed by atoms with van der Waals surface area (Å²) in [6.07, 6.45) is 3.63. The van der Waals surface area contributed by atoms with E-state index in [9.17, 15) is 26.4 Å². The van der Waals surface area contributed by atoms with Crippen molar-refractivity contribution in [3.05, 3.63) is 58.8 Å². The Hall–Kier alpha value is -3.69. The molecule has 0 fully saturated rings. The number of amides is 2. The summed E-state index contributed by atoms with van der Waals surface area (Å²) in [6.45, 7) is 0.0690. The number of anilines is 1. The summed E-state index contributed by atoms with van der Waals surface area (Å²) in [5.74, 6) is -1.74. The predicted octanol–water partition coefficient (Wildman–Crippen LogP) is 1.31. The highest BCUT2D eigenvalue weighted by Gasteiger charge is 2.38. The number of hydrogen-bond donors (Lipinski definition) is 3. The molecule has 178 valence electrons. The fourth-order valence-electron chi connectivity index (χ4n) is 3.10. The molecule has 0 spiro atoms. The molecule has 0 bridgehead atoms. The smallest absolute Gasteiger partial charge is 0.271 e. The van der Waals surface area contributed by atoms with Crippen LogP contribution in [0.25, 0.3) is 6.08 Å². The summed E-state index contributed by atoms with van der Waals surface area (Å²) >= 11 is 0.952. The summed E-state index contributed by atoms with van der Waals surface area (Å²) in [7, 11) is -7.15. The van der Waals surface area contributed by atoms with Gasteiger partial charge in [0.25, 0.3) is 26.0 Å². The summed E-state index contributed by atoms with van der Waals surface area (Å²) < 4.78 is 64.5. The first-order valence-electron chi connectivity index (χ1n) is 9.36. The standard InChI is InChI=1S/C19H16N4O8S3/c1-30-18-12(4-5-15(24)20-10-11-6-7-31-21-11)13(22-34(28,29)16-3-2-8-32-16)9-14-17(18)19(25)23-33(14,26)27/h2-9,22H,10H2,1H3,(H,20,24)(H,23,25)/b5-4+. The van der Waals surface area contributed by atoms with Gasteiger partial charge >= 0.3 is 0 Å². The SMILES string of the molecule is COc1c(/C=C/C(=O)NCc2ccon2)c(NS(=O)(=O)c2cccs2)cc2c1C(=O)NS2(=O)=O. The number of thiophene rings is 1. The maximum Gasteiger partial charge on any atom is 0.271 e. The van der Waals surface area contributed by atoms with Gasteiger partial charge in [0.15, 0.2) is 0 Å². The number of rotatable bonds is 8. The first-order valence-corrected chi connectivity index (χ1v) is 13.2. The average Bonchev–Trinajstić information content (AvgIpc) is 3.52. The van der Waals surface area contributed by atoms with Crippen LogP contribution in [-0.4, -0.2) is 40.9 Å². The lowest BCUT2D eigenvalue weighted by Gasteiger charge is -2.15. The zero-order chi connectivity index (χ0) is 24.5. The van der Waals surface area contributed by atoms with Crippen molar-refractivity contribution in [2.75, 3.05) is 11.8 Å². The molecule has 2 amide bonds. The summed E-state index contributed by atoms with van der Waals surface area (Å²) in [4.78, 5) is 24.2. The summed E-state index contributed by atoms with van der Waals surface area (Å²) in [6, 6.07) is 5.47. The number of ether oxygens (including phenoxy) is 1. The van der Waals surface area contributed by atoms with Gasteiger partial charge in [-0.05, 0) is 23.6 Å². The fourth-order valence-corrected chi connectivity index (χ4v) is 6.35. The van der Waals surface area contributed by atoms with E-state index in [-0.39, 0.29) is 33.3 Å². The number of hydrogen-bond acceptors (Lipinski definition) is 10. The zero-order valence-corrected chi connectivity index (χ0v) is 19.7. The molecule has 0 aliphatic carbocycles. The molecule has 0 unspecified atom stereocenters. The first kappa shape index (κ1) is 23.5. The zero-order valence-electron chi connectivity index (χ0n) is 17.3. The minimum atomic E-state index is -4.23. The Bertz CT molecular complexity index is 1490. The Morgan fingerprint density at radius 2 is 2.15 bits per heavy atom. The summed E-state index contributed by atoms with van der Waals surface area (Å²) in [5, 5.41) is 7.78. The number of aromatic nitrogens is 1. The van der Waals surface area contributed by atoms with Crippen LogP contribution in [0.15, 0.2) is 55.6 Å². The molecule has 0 radical (unpaired) electrons. The van der Waals surface area contributed by atoms with Gasteiger partial charge in [0.05, 0.1) is 19.3 Å². The third-order valence-electron chi connectivity index (χ3n) is 4.57. The van der Waals surface area contributed by atoms with Crippen molar-refractivity contribution in [3.8, 4) is 5.75 Å². The normalized spacial score (nSPS) is 14.6. The van der Waals surface area contributed by atoms with Crippen molar-refractivity contribution in [2.24, 2.45) is 0 Å². The van der Waals surface area contributed by atoms with Gasteiger partial charge in [-0.25, -0.2) is 21.6 Å². The minimum absolute atomic E-state index is 0.0229. The molecule has 1 aliphatic heterocycles. The van der Waals surface area contributed by atoms with Crippen LogP contribution in [0.4, 0.5) is 5.69 Å². The molecule has 12 nitrogen and oxygen atoms in total. The van der Waals surface area contributed by atoms with Crippen LogP contribution in [0.3, 0.4) is 0 Å². The Morgan fingerprint density at radius 3 is 2.79 bits per heavy atom.